The highest BCUT2D eigenvalue weighted by Gasteiger charge is 2.14. The van der Waals surface area contributed by atoms with Gasteiger partial charge in [-0.25, -0.2) is 4.39 Å². The number of nitrogens with one attached hydrogen (secondary N) is 1. The zero-order valence-electron chi connectivity index (χ0n) is 13.5. The SMILES string of the molecule is CC(F)CCCCCC(=O)NCCC[N+](C)(C)CC(=O)[O-]. The number of nitrogens with zero attached hydrogens (tertiary/aromatic N) is 1. The van der Waals surface area contributed by atoms with Gasteiger partial charge in [-0.3, -0.25) is 4.79 Å². The van der Waals surface area contributed by atoms with Crippen LogP contribution in [0.15, 0.2) is 0 Å². The highest BCUT2D eigenvalue weighted by molar-refractivity contribution is 5.75. The topological polar surface area (TPSA) is 69.2 Å². The molecular formula is C15H29FN2O3. The van der Waals surface area contributed by atoms with Crippen molar-refractivity contribution in [3.05, 3.63) is 0 Å². The van der Waals surface area contributed by atoms with Gasteiger partial charge in [0.25, 0.3) is 0 Å². The van der Waals surface area contributed by atoms with Gasteiger partial charge >= 0.3 is 0 Å². The fraction of sp³-hybridized carbons (Fsp3) is 0.867. The number of hydrogen-bond acceptors (Lipinski definition) is 3. The molecule has 0 radical (unpaired) electrons. The van der Waals surface area contributed by atoms with Gasteiger partial charge in [0, 0.05) is 19.4 Å². The van der Waals surface area contributed by atoms with Crippen LogP contribution in [0.25, 0.3) is 0 Å². The van der Waals surface area contributed by atoms with E-state index in [1.807, 2.05) is 14.1 Å². The van der Waals surface area contributed by atoms with Gasteiger partial charge in [0.05, 0.1) is 32.8 Å². The summed E-state index contributed by atoms with van der Waals surface area (Å²) < 4.78 is 12.9. The fourth-order valence-corrected chi connectivity index (χ4v) is 2.14. The first-order chi connectivity index (χ1) is 9.73. The molecule has 21 heavy (non-hydrogen) atoms. The Balaban J connectivity index is 3.55. The number of hydrogen-bond donors (Lipinski definition) is 1. The second-order valence-corrected chi connectivity index (χ2v) is 6.27. The zero-order valence-corrected chi connectivity index (χ0v) is 13.5. The lowest BCUT2D eigenvalue weighted by atomic mass is 10.1. The van der Waals surface area contributed by atoms with Crippen molar-refractivity contribution in [1.29, 1.82) is 0 Å². The minimum absolute atomic E-state index is 0.00787. The van der Waals surface area contributed by atoms with E-state index in [2.05, 4.69) is 5.32 Å². The first-order valence-electron chi connectivity index (χ1n) is 7.65. The molecule has 1 unspecified atom stereocenters. The molecule has 0 aromatic carbocycles. The van der Waals surface area contributed by atoms with Gasteiger partial charge in [-0.15, -0.1) is 0 Å². The van der Waals surface area contributed by atoms with E-state index in [9.17, 15) is 19.1 Å². The number of likely N-dealkylation sites (N-methyl/N-ethyl adjacent to an activating group) is 1. The van der Waals surface area contributed by atoms with Gasteiger partial charge in [0.15, 0.2) is 0 Å². The summed E-state index contributed by atoms with van der Waals surface area (Å²) in [4.78, 5) is 22.1. The summed E-state index contributed by atoms with van der Waals surface area (Å²) >= 11 is 0. The van der Waals surface area contributed by atoms with Crippen molar-refractivity contribution in [3.8, 4) is 0 Å². The Morgan fingerprint density at radius 1 is 1.19 bits per heavy atom. The Morgan fingerprint density at radius 3 is 2.43 bits per heavy atom. The Morgan fingerprint density at radius 2 is 1.86 bits per heavy atom. The summed E-state index contributed by atoms with van der Waals surface area (Å²) in [6.45, 7) is 2.74. The standard InChI is InChI=1S/C15H29FN2O3/c1-13(16)8-5-4-6-9-14(19)17-10-7-11-18(2,3)12-15(20)21/h13H,4-12H2,1-3H3,(H-,17,19,20,21). The number of unbranched alkanes of at least 4 members (excludes halogenated alkanes) is 2. The maximum Gasteiger partial charge on any atom is 0.219 e. The quantitative estimate of drug-likeness (QED) is 0.425. The van der Waals surface area contributed by atoms with Crippen molar-refractivity contribution in [2.24, 2.45) is 0 Å². The number of halogens is 1. The second kappa shape index (κ2) is 10.5. The van der Waals surface area contributed by atoms with E-state index in [0.717, 1.165) is 25.7 Å². The average molecular weight is 304 g/mol. The van der Waals surface area contributed by atoms with Crippen molar-refractivity contribution < 1.29 is 23.6 Å². The summed E-state index contributed by atoms with van der Waals surface area (Å²) in [5.41, 5.74) is 0. The molecule has 0 heterocycles. The number of carbonyl (C=O) groups is 2. The summed E-state index contributed by atoms with van der Waals surface area (Å²) in [5.74, 6) is -1.06. The third-order valence-electron chi connectivity index (χ3n) is 3.33. The zero-order chi connectivity index (χ0) is 16.3. The van der Waals surface area contributed by atoms with Gasteiger partial charge in [-0.2, -0.15) is 0 Å². The van der Waals surface area contributed by atoms with Crippen molar-refractivity contribution in [2.45, 2.75) is 51.6 Å². The van der Waals surface area contributed by atoms with Crippen LogP contribution in [-0.4, -0.2) is 56.3 Å². The summed E-state index contributed by atoms with van der Waals surface area (Å²) in [6.07, 6.45) is 3.47. The van der Waals surface area contributed by atoms with Crippen molar-refractivity contribution in [3.63, 3.8) is 0 Å². The van der Waals surface area contributed by atoms with E-state index in [-0.39, 0.29) is 12.5 Å². The fourth-order valence-electron chi connectivity index (χ4n) is 2.14. The van der Waals surface area contributed by atoms with E-state index in [4.69, 9.17) is 0 Å². The lowest BCUT2D eigenvalue weighted by Crippen LogP contribution is -2.49. The van der Waals surface area contributed by atoms with E-state index >= 15 is 0 Å². The largest absolute Gasteiger partial charge is 0.544 e. The number of rotatable bonds is 12. The predicted octanol–water partition coefficient (Wildman–Crippen LogP) is 0.628. The van der Waals surface area contributed by atoms with Gasteiger partial charge in [-0.1, -0.05) is 12.8 Å². The van der Waals surface area contributed by atoms with Crippen molar-refractivity contribution >= 4 is 11.9 Å². The molecule has 0 saturated heterocycles. The van der Waals surface area contributed by atoms with E-state index in [1.54, 1.807) is 6.92 Å². The minimum Gasteiger partial charge on any atom is -0.544 e. The van der Waals surface area contributed by atoms with Crippen LogP contribution in [0.1, 0.15) is 45.4 Å². The molecule has 0 fully saturated rings. The molecule has 5 nitrogen and oxygen atoms in total. The molecule has 0 spiro atoms. The van der Waals surface area contributed by atoms with Crippen molar-refractivity contribution in [1.82, 2.24) is 5.32 Å². The number of aliphatic carboxylic acids is 1. The molecule has 124 valence electrons. The van der Waals surface area contributed by atoms with Crippen LogP contribution in [0.5, 0.6) is 0 Å². The molecule has 0 aliphatic rings. The van der Waals surface area contributed by atoms with Gasteiger partial charge in [0.1, 0.15) is 6.54 Å². The van der Waals surface area contributed by atoms with Crippen LogP contribution in [0, 0.1) is 0 Å². The Hall–Kier alpha value is -1.17. The first kappa shape index (κ1) is 19.8. The van der Waals surface area contributed by atoms with Gasteiger partial charge in [0.2, 0.25) is 5.91 Å². The maximum absolute atomic E-state index is 12.5. The third-order valence-corrected chi connectivity index (χ3v) is 3.33. The lowest BCUT2D eigenvalue weighted by Gasteiger charge is -2.30. The Kier molecular flexibility index (Phi) is 9.95. The van der Waals surface area contributed by atoms with Crippen LogP contribution in [-0.2, 0) is 9.59 Å². The Labute approximate surface area is 127 Å². The lowest BCUT2D eigenvalue weighted by molar-refractivity contribution is -0.884. The van der Waals surface area contributed by atoms with Crippen LogP contribution in [0.4, 0.5) is 4.39 Å². The molecule has 1 atom stereocenters. The van der Waals surface area contributed by atoms with E-state index in [0.29, 0.717) is 30.4 Å². The van der Waals surface area contributed by atoms with E-state index in [1.165, 1.54) is 0 Å². The molecule has 0 aliphatic heterocycles. The van der Waals surface area contributed by atoms with Crippen LogP contribution in [0.3, 0.4) is 0 Å². The van der Waals surface area contributed by atoms with E-state index < -0.39 is 12.1 Å². The molecule has 0 saturated carbocycles. The number of carbonyl (C=O) groups excluding carboxylic acids is 2. The smallest absolute Gasteiger partial charge is 0.219 e. The highest BCUT2D eigenvalue weighted by atomic mass is 19.1. The van der Waals surface area contributed by atoms with Crippen LogP contribution >= 0.6 is 0 Å². The molecule has 0 bridgehead atoms. The molecule has 1 N–H and O–H groups in total. The predicted molar refractivity (Wildman–Crippen MR) is 78.1 cm³/mol. The second-order valence-electron chi connectivity index (χ2n) is 6.27. The number of carboxylic acid groups (broad SMARTS) is 1. The summed E-state index contributed by atoms with van der Waals surface area (Å²) in [5, 5.41) is 13.4. The number of quaternary nitrogens is 1. The molecular weight excluding hydrogens is 275 g/mol. The van der Waals surface area contributed by atoms with Crippen molar-refractivity contribution in [2.75, 3.05) is 33.7 Å². The van der Waals surface area contributed by atoms with Gasteiger partial charge < -0.3 is 19.7 Å². The molecule has 0 rings (SSSR count). The first-order valence-corrected chi connectivity index (χ1v) is 7.65. The normalized spacial score (nSPS) is 13.0. The molecule has 0 aromatic heterocycles. The van der Waals surface area contributed by atoms with Crippen LogP contribution in [0.2, 0.25) is 0 Å². The van der Waals surface area contributed by atoms with Gasteiger partial charge in [-0.05, 0) is 19.8 Å². The molecule has 6 heteroatoms. The maximum atomic E-state index is 12.5. The molecule has 0 aromatic rings. The average Bonchev–Trinajstić information content (AvgIpc) is 2.32. The molecule has 1 amide bonds. The molecule has 0 aliphatic carbocycles. The van der Waals surface area contributed by atoms with Crippen LogP contribution < -0.4 is 10.4 Å². The summed E-state index contributed by atoms with van der Waals surface area (Å²) in [6, 6.07) is 0. The third kappa shape index (κ3) is 13.6. The number of amides is 1. The Bertz CT molecular complexity index is 320. The highest BCUT2D eigenvalue weighted by Crippen LogP contribution is 2.07. The summed E-state index contributed by atoms with van der Waals surface area (Å²) in [7, 11) is 3.65. The number of carboxylic acids is 1. The number of alkyl halides is 1. The minimum atomic E-state index is -1.06. The monoisotopic (exact) mass is 304 g/mol.